The molecule has 2 rings (SSSR count). The fourth-order valence-electron chi connectivity index (χ4n) is 1.61. The Morgan fingerprint density at radius 1 is 1.35 bits per heavy atom. The summed E-state index contributed by atoms with van der Waals surface area (Å²) in [6, 6.07) is 4.33. The molecule has 2 aromatic heterocycles. The summed E-state index contributed by atoms with van der Waals surface area (Å²) < 4.78 is 1.77. The van der Waals surface area contributed by atoms with Crippen molar-refractivity contribution in [2.45, 2.75) is 32.7 Å². The maximum Gasteiger partial charge on any atom is 0.0641 e. The third-order valence-electron chi connectivity index (χ3n) is 2.59. The average molecular weight is 250 g/mol. The molecule has 0 aliphatic rings. The van der Waals surface area contributed by atoms with Crippen molar-refractivity contribution < 1.29 is 5.11 Å². The van der Waals surface area contributed by atoms with Crippen molar-refractivity contribution >= 4 is 11.3 Å². The summed E-state index contributed by atoms with van der Waals surface area (Å²) in [4.78, 5) is 2.61. The number of thiophene rings is 1. The van der Waals surface area contributed by atoms with Gasteiger partial charge in [0.25, 0.3) is 0 Å². The van der Waals surface area contributed by atoms with Crippen molar-refractivity contribution in [1.29, 1.82) is 0 Å². The maximum atomic E-state index is 8.85. The fourth-order valence-corrected chi connectivity index (χ4v) is 2.65. The Hall–Kier alpha value is -1.13. The van der Waals surface area contributed by atoms with E-state index >= 15 is 0 Å². The van der Waals surface area contributed by atoms with Gasteiger partial charge in [0.05, 0.1) is 19.3 Å². The van der Waals surface area contributed by atoms with E-state index < -0.39 is 0 Å². The molecule has 2 aromatic rings. The van der Waals surface area contributed by atoms with Gasteiger partial charge in [-0.1, -0.05) is 20.8 Å². The van der Waals surface area contributed by atoms with Gasteiger partial charge >= 0.3 is 0 Å². The summed E-state index contributed by atoms with van der Waals surface area (Å²) >= 11 is 1.81. The Kier molecular flexibility index (Phi) is 3.35. The van der Waals surface area contributed by atoms with Crippen LogP contribution in [0.25, 0.3) is 10.4 Å². The third-order valence-corrected chi connectivity index (χ3v) is 4.15. The summed E-state index contributed by atoms with van der Waals surface area (Å²) in [7, 11) is 0. The molecule has 0 amide bonds. The number of nitrogens with zero attached hydrogens (tertiary/aromatic N) is 2. The van der Waals surface area contributed by atoms with Crippen LogP contribution in [0.2, 0.25) is 0 Å². The van der Waals surface area contributed by atoms with Crippen LogP contribution in [0.15, 0.2) is 24.5 Å². The molecule has 0 saturated carbocycles. The minimum absolute atomic E-state index is 0.124. The molecule has 2 heterocycles. The Morgan fingerprint density at radius 3 is 2.71 bits per heavy atom. The summed E-state index contributed by atoms with van der Waals surface area (Å²) in [5, 5.41) is 13.1. The number of hydrogen-bond donors (Lipinski definition) is 1. The molecule has 0 atom stereocenters. The predicted molar refractivity (Wildman–Crippen MR) is 71.3 cm³/mol. The van der Waals surface area contributed by atoms with Crippen LogP contribution in [0.4, 0.5) is 0 Å². The van der Waals surface area contributed by atoms with Gasteiger partial charge in [0.2, 0.25) is 0 Å². The second-order valence-corrected chi connectivity index (χ2v) is 6.21. The monoisotopic (exact) mass is 250 g/mol. The molecule has 0 radical (unpaired) electrons. The van der Waals surface area contributed by atoms with Gasteiger partial charge in [0.15, 0.2) is 0 Å². The molecular weight excluding hydrogens is 232 g/mol. The van der Waals surface area contributed by atoms with E-state index in [0.29, 0.717) is 6.54 Å². The van der Waals surface area contributed by atoms with E-state index in [9.17, 15) is 0 Å². The van der Waals surface area contributed by atoms with Gasteiger partial charge < -0.3 is 5.11 Å². The molecule has 3 nitrogen and oxygen atoms in total. The standard InChI is InChI=1S/C13H18N2OS/c1-13(2,3)12-5-4-11(17-12)10-8-14-15(9-10)6-7-16/h4-5,8-9,16H,6-7H2,1-3H3. The molecule has 0 fully saturated rings. The largest absolute Gasteiger partial charge is 0.394 e. The molecule has 4 heteroatoms. The van der Waals surface area contributed by atoms with Gasteiger partial charge in [0.1, 0.15) is 0 Å². The molecule has 0 bridgehead atoms. The third kappa shape index (κ3) is 2.76. The number of aliphatic hydroxyl groups is 1. The van der Waals surface area contributed by atoms with Crippen LogP contribution < -0.4 is 0 Å². The van der Waals surface area contributed by atoms with Crippen LogP contribution in [-0.4, -0.2) is 21.5 Å². The van der Waals surface area contributed by atoms with Crippen molar-refractivity contribution in [2.75, 3.05) is 6.61 Å². The van der Waals surface area contributed by atoms with Gasteiger partial charge in [-0.3, -0.25) is 4.68 Å². The molecule has 0 aromatic carbocycles. The van der Waals surface area contributed by atoms with E-state index in [1.807, 2.05) is 23.7 Å². The Labute approximate surface area is 106 Å². The first kappa shape index (κ1) is 12.3. The maximum absolute atomic E-state index is 8.85. The smallest absolute Gasteiger partial charge is 0.0641 e. The minimum Gasteiger partial charge on any atom is -0.394 e. The molecule has 17 heavy (non-hydrogen) atoms. The molecule has 0 saturated heterocycles. The molecule has 0 spiro atoms. The first-order valence-electron chi connectivity index (χ1n) is 5.75. The van der Waals surface area contributed by atoms with E-state index in [0.717, 1.165) is 5.56 Å². The van der Waals surface area contributed by atoms with Gasteiger partial charge in [-0.2, -0.15) is 5.10 Å². The highest BCUT2D eigenvalue weighted by Gasteiger charge is 2.16. The lowest BCUT2D eigenvalue weighted by Gasteiger charge is -2.15. The second-order valence-electron chi connectivity index (χ2n) is 5.13. The van der Waals surface area contributed by atoms with E-state index in [1.54, 1.807) is 4.68 Å². The highest BCUT2D eigenvalue weighted by molar-refractivity contribution is 7.15. The van der Waals surface area contributed by atoms with E-state index in [1.165, 1.54) is 9.75 Å². The van der Waals surface area contributed by atoms with Crippen LogP contribution in [0.5, 0.6) is 0 Å². The Balaban J connectivity index is 2.24. The summed E-state index contributed by atoms with van der Waals surface area (Å²) in [5.41, 5.74) is 1.32. The number of hydrogen-bond acceptors (Lipinski definition) is 3. The van der Waals surface area contributed by atoms with E-state index in [2.05, 4.69) is 38.0 Å². The van der Waals surface area contributed by atoms with Crippen LogP contribution >= 0.6 is 11.3 Å². The fraction of sp³-hybridized carbons (Fsp3) is 0.462. The zero-order valence-electron chi connectivity index (χ0n) is 10.5. The highest BCUT2D eigenvalue weighted by atomic mass is 32.1. The van der Waals surface area contributed by atoms with E-state index in [-0.39, 0.29) is 12.0 Å². The lowest BCUT2D eigenvalue weighted by Crippen LogP contribution is -2.07. The van der Waals surface area contributed by atoms with Gasteiger partial charge in [-0.15, -0.1) is 11.3 Å². The SMILES string of the molecule is CC(C)(C)c1ccc(-c2cnn(CCO)c2)s1. The molecular formula is C13H18N2OS. The van der Waals surface area contributed by atoms with Crippen molar-refractivity contribution in [3.63, 3.8) is 0 Å². The lowest BCUT2D eigenvalue weighted by atomic mass is 9.95. The molecule has 1 N–H and O–H groups in total. The predicted octanol–water partition coefficient (Wildman–Crippen LogP) is 2.90. The minimum atomic E-state index is 0.124. The topological polar surface area (TPSA) is 38.0 Å². The average Bonchev–Trinajstić information content (AvgIpc) is 2.82. The summed E-state index contributed by atoms with van der Waals surface area (Å²) in [5.74, 6) is 0. The van der Waals surface area contributed by atoms with Crippen molar-refractivity contribution in [1.82, 2.24) is 9.78 Å². The van der Waals surface area contributed by atoms with E-state index in [4.69, 9.17) is 5.11 Å². The first-order chi connectivity index (χ1) is 8.00. The van der Waals surface area contributed by atoms with Crippen molar-refractivity contribution in [2.24, 2.45) is 0 Å². The van der Waals surface area contributed by atoms with Crippen LogP contribution in [0.1, 0.15) is 25.6 Å². The van der Waals surface area contributed by atoms with Crippen molar-refractivity contribution in [3.8, 4) is 10.4 Å². The van der Waals surface area contributed by atoms with Crippen LogP contribution in [0.3, 0.4) is 0 Å². The quantitative estimate of drug-likeness (QED) is 0.909. The summed E-state index contributed by atoms with van der Waals surface area (Å²) in [6.45, 7) is 7.34. The zero-order valence-corrected chi connectivity index (χ0v) is 11.3. The highest BCUT2D eigenvalue weighted by Crippen LogP contribution is 2.34. The number of aliphatic hydroxyl groups excluding tert-OH is 1. The number of aromatic nitrogens is 2. The lowest BCUT2D eigenvalue weighted by molar-refractivity contribution is 0.269. The van der Waals surface area contributed by atoms with Crippen molar-refractivity contribution in [3.05, 3.63) is 29.4 Å². The van der Waals surface area contributed by atoms with Crippen LogP contribution in [-0.2, 0) is 12.0 Å². The molecule has 92 valence electrons. The van der Waals surface area contributed by atoms with Gasteiger partial charge in [0, 0.05) is 21.5 Å². The Morgan fingerprint density at radius 2 is 2.12 bits per heavy atom. The molecule has 0 unspecified atom stereocenters. The molecule has 0 aliphatic heterocycles. The van der Waals surface area contributed by atoms with Gasteiger partial charge in [-0.05, 0) is 17.5 Å². The van der Waals surface area contributed by atoms with Gasteiger partial charge in [-0.25, -0.2) is 0 Å². The zero-order chi connectivity index (χ0) is 12.5. The molecule has 0 aliphatic carbocycles. The summed E-state index contributed by atoms with van der Waals surface area (Å²) in [6.07, 6.45) is 3.84. The Bertz CT molecular complexity index is 493. The second kappa shape index (κ2) is 4.63. The number of rotatable bonds is 3. The van der Waals surface area contributed by atoms with Crippen LogP contribution in [0, 0.1) is 0 Å². The normalized spacial score (nSPS) is 12.0. The first-order valence-corrected chi connectivity index (χ1v) is 6.56.